The van der Waals surface area contributed by atoms with Crippen molar-refractivity contribution in [2.45, 2.75) is 39.7 Å². The number of amides is 2. The lowest BCUT2D eigenvalue weighted by Gasteiger charge is -2.09. The van der Waals surface area contributed by atoms with E-state index in [4.69, 9.17) is 0 Å². The van der Waals surface area contributed by atoms with Crippen molar-refractivity contribution < 1.29 is 9.59 Å². The van der Waals surface area contributed by atoms with Crippen LogP contribution in [0.2, 0.25) is 0 Å². The van der Waals surface area contributed by atoms with Crippen molar-refractivity contribution in [2.75, 3.05) is 10.6 Å². The number of anilines is 2. The van der Waals surface area contributed by atoms with Gasteiger partial charge in [0.2, 0.25) is 11.8 Å². The fraction of sp³-hybridized carbons (Fsp3) is 0.304. The van der Waals surface area contributed by atoms with Crippen LogP contribution in [0.25, 0.3) is 10.9 Å². The first-order chi connectivity index (χ1) is 14.4. The van der Waals surface area contributed by atoms with Gasteiger partial charge in [0, 0.05) is 30.8 Å². The quantitative estimate of drug-likeness (QED) is 0.595. The molecule has 0 aliphatic rings. The number of fused-ring (bicyclic) bond motifs is 1. The van der Waals surface area contributed by atoms with Gasteiger partial charge >= 0.3 is 0 Å². The number of hydrogen-bond acceptors (Lipinski definition) is 4. The van der Waals surface area contributed by atoms with Crippen molar-refractivity contribution in [1.29, 1.82) is 0 Å². The van der Waals surface area contributed by atoms with Gasteiger partial charge in [0.25, 0.3) is 5.56 Å². The lowest BCUT2D eigenvalue weighted by molar-refractivity contribution is -0.117. The van der Waals surface area contributed by atoms with Crippen LogP contribution in [0.4, 0.5) is 11.4 Å². The van der Waals surface area contributed by atoms with Crippen molar-refractivity contribution in [2.24, 2.45) is 5.92 Å². The van der Waals surface area contributed by atoms with Crippen molar-refractivity contribution in [1.82, 2.24) is 9.55 Å². The second-order valence-corrected chi connectivity index (χ2v) is 7.64. The molecule has 0 saturated carbocycles. The summed E-state index contributed by atoms with van der Waals surface area (Å²) < 4.78 is 1.53. The lowest BCUT2D eigenvalue weighted by atomic mass is 10.1. The maximum atomic E-state index is 12.5. The summed E-state index contributed by atoms with van der Waals surface area (Å²) in [5.41, 5.74) is 1.92. The van der Waals surface area contributed by atoms with Gasteiger partial charge in [0.15, 0.2) is 0 Å². The Labute approximate surface area is 175 Å². The summed E-state index contributed by atoms with van der Waals surface area (Å²) in [5, 5.41) is 6.24. The van der Waals surface area contributed by atoms with Gasteiger partial charge in [-0.05, 0) is 48.7 Å². The van der Waals surface area contributed by atoms with Crippen LogP contribution in [0.5, 0.6) is 0 Å². The van der Waals surface area contributed by atoms with Gasteiger partial charge in [0.05, 0.1) is 17.2 Å². The Balaban J connectivity index is 1.48. The summed E-state index contributed by atoms with van der Waals surface area (Å²) in [6.07, 6.45) is 2.80. The zero-order chi connectivity index (χ0) is 21.5. The number of nitrogens with one attached hydrogen (secondary N) is 2. The predicted molar refractivity (Wildman–Crippen MR) is 118 cm³/mol. The minimum Gasteiger partial charge on any atom is -0.326 e. The fourth-order valence-corrected chi connectivity index (χ4v) is 3.12. The molecule has 7 nitrogen and oxygen atoms in total. The smallest absolute Gasteiger partial charge is 0.261 e. The zero-order valence-corrected chi connectivity index (χ0v) is 17.2. The largest absolute Gasteiger partial charge is 0.326 e. The van der Waals surface area contributed by atoms with E-state index in [1.54, 1.807) is 36.4 Å². The van der Waals surface area contributed by atoms with E-state index in [0.717, 1.165) is 0 Å². The molecule has 156 valence electrons. The van der Waals surface area contributed by atoms with Crippen LogP contribution < -0.4 is 16.2 Å². The topological polar surface area (TPSA) is 93.1 Å². The molecule has 2 N–H and O–H groups in total. The van der Waals surface area contributed by atoms with Crippen LogP contribution in [-0.2, 0) is 16.1 Å². The van der Waals surface area contributed by atoms with E-state index < -0.39 is 0 Å². The third-order valence-corrected chi connectivity index (χ3v) is 4.58. The molecule has 3 aromatic rings. The summed E-state index contributed by atoms with van der Waals surface area (Å²) in [6, 6.07) is 14.2. The second kappa shape index (κ2) is 9.82. The van der Waals surface area contributed by atoms with Crippen LogP contribution >= 0.6 is 0 Å². The summed E-state index contributed by atoms with van der Waals surface area (Å²) in [7, 11) is 0. The zero-order valence-electron chi connectivity index (χ0n) is 17.2. The van der Waals surface area contributed by atoms with Gasteiger partial charge in [-0.25, -0.2) is 4.98 Å². The second-order valence-electron chi connectivity index (χ2n) is 7.64. The summed E-state index contributed by atoms with van der Waals surface area (Å²) in [5.74, 6) is 0.137. The highest BCUT2D eigenvalue weighted by molar-refractivity contribution is 5.93. The van der Waals surface area contributed by atoms with E-state index in [-0.39, 0.29) is 23.8 Å². The third-order valence-electron chi connectivity index (χ3n) is 4.58. The first-order valence-corrected chi connectivity index (χ1v) is 10.1. The molecule has 0 fully saturated rings. The Hall–Kier alpha value is -3.48. The van der Waals surface area contributed by atoms with E-state index in [1.165, 1.54) is 10.9 Å². The molecule has 30 heavy (non-hydrogen) atoms. The lowest BCUT2D eigenvalue weighted by Crippen LogP contribution is -2.21. The molecule has 0 unspecified atom stereocenters. The van der Waals surface area contributed by atoms with Crippen LogP contribution in [0.1, 0.15) is 33.1 Å². The number of para-hydroxylation sites is 1. The maximum absolute atomic E-state index is 12.5. The van der Waals surface area contributed by atoms with Gasteiger partial charge < -0.3 is 10.6 Å². The Bertz CT molecular complexity index is 1090. The minimum atomic E-state index is -0.131. The van der Waals surface area contributed by atoms with E-state index >= 15 is 0 Å². The number of benzene rings is 2. The fourth-order valence-electron chi connectivity index (χ4n) is 3.12. The monoisotopic (exact) mass is 406 g/mol. The summed E-state index contributed by atoms with van der Waals surface area (Å²) in [6.45, 7) is 4.40. The molecule has 0 bridgehead atoms. The Morgan fingerprint density at radius 2 is 1.60 bits per heavy atom. The predicted octanol–water partition coefficient (Wildman–Crippen LogP) is 3.80. The highest BCUT2D eigenvalue weighted by Crippen LogP contribution is 2.15. The number of hydrogen-bond donors (Lipinski definition) is 2. The Morgan fingerprint density at radius 3 is 2.27 bits per heavy atom. The molecule has 0 spiro atoms. The van der Waals surface area contributed by atoms with Crippen LogP contribution in [0.3, 0.4) is 0 Å². The standard InChI is InChI=1S/C23H26N4O3/c1-16(2)14-22(29)26-18-11-9-17(10-12-18)25-21(28)8-5-13-27-15-24-20-7-4-3-6-19(20)23(27)30/h3-4,6-7,9-12,15-16H,5,8,13-14H2,1-2H3,(H,25,28)(H,26,29). The van der Waals surface area contributed by atoms with Crippen LogP contribution in [-0.4, -0.2) is 21.4 Å². The normalized spacial score (nSPS) is 10.9. The first-order valence-electron chi connectivity index (χ1n) is 10.1. The maximum Gasteiger partial charge on any atom is 0.261 e. The van der Waals surface area contributed by atoms with Gasteiger partial charge in [-0.15, -0.1) is 0 Å². The number of rotatable bonds is 8. The number of aromatic nitrogens is 2. The summed E-state index contributed by atoms with van der Waals surface area (Å²) in [4.78, 5) is 40.7. The number of nitrogens with zero attached hydrogens (tertiary/aromatic N) is 2. The number of aryl methyl sites for hydroxylation is 1. The van der Waals surface area contributed by atoms with Gasteiger partial charge in [-0.2, -0.15) is 0 Å². The van der Waals surface area contributed by atoms with E-state index in [1.807, 2.05) is 26.0 Å². The van der Waals surface area contributed by atoms with Crippen LogP contribution in [0, 0.1) is 5.92 Å². The van der Waals surface area contributed by atoms with Crippen molar-refractivity contribution in [3.05, 3.63) is 65.2 Å². The molecule has 0 aliphatic carbocycles. The molecule has 7 heteroatoms. The Kier molecular flexibility index (Phi) is 6.95. The molecule has 0 atom stereocenters. The molecule has 2 amide bonds. The number of carbonyl (C=O) groups is 2. The summed E-state index contributed by atoms with van der Waals surface area (Å²) >= 11 is 0. The van der Waals surface area contributed by atoms with Gasteiger partial charge in [-0.1, -0.05) is 26.0 Å². The van der Waals surface area contributed by atoms with Crippen molar-refractivity contribution in [3.8, 4) is 0 Å². The highest BCUT2D eigenvalue weighted by Gasteiger charge is 2.07. The minimum absolute atomic E-state index is 0.0276. The average molecular weight is 406 g/mol. The van der Waals surface area contributed by atoms with Crippen molar-refractivity contribution >= 4 is 34.1 Å². The number of carbonyl (C=O) groups excluding carboxylic acids is 2. The Morgan fingerprint density at radius 1 is 0.967 bits per heavy atom. The van der Waals surface area contributed by atoms with Crippen LogP contribution in [0.15, 0.2) is 59.7 Å². The van der Waals surface area contributed by atoms with Gasteiger partial charge in [0.1, 0.15) is 0 Å². The molecule has 0 aliphatic heterocycles. The average Bonchev–Trinajstić information content (AvgIpc) is 2.71. The highest BCUT2D eigenvalue weighted by atomic mass is 16.2. The molecule has 3 rings (SSSR count). The van der Waals surface area contributed by atoms with Crippen molar-refractivity contribution in [3.63, 3.8) is 0 Å². The van der Waals surface area contributed by atoms with E-state index in [0.29, 0.717) is 47.6 Å². The molecule has 0 radical (unpaired) electrons. The van der Waals surface area contributed by atoms with E-state index in [2.05, 4.69) is 15.6 Å². The SMILES string of the molecule is CC(C)CC(=O)Nc1ccc(NC(=O)CCCn2cnc3ccccc3c2=O)cc1. The molecular formula is C23H26N4O3. The molecular weight excluding hydrogens is 380 g/mol. The first kappa shape index (κ1) is 21.2. The van der Waals surface area contributed by atoms with E-state index in [9.17, 15) is 14.4 Å². The van der Waals surface area contributed by atoms with Gasteiger partial charge in [-0.3, -0.25) is 19.0 Å². The molecule has 2 aromatic carbocycles. The molecule has 0 saturated heterocycles. The molecule has 1 aromatic heterocycles. The third kappa shape index (κ3) is 5.76. The molecule has 1 heterocycles.